The second-order valence-electron chi connectivity index (χ2n) is 6.93. The maximum absolute atomic E-state index is 12.2. The largest absolute Gasteiger partial charge is 0.379 e. The Balaban J connectivity index is 1.36. The minimum Gasteiger partial charge on any atom is -0.379 e. The molecule has 3 rings (SSSR count). The van der Waals surface area contributed by atoms with Crippen LogP contribution in [0.4, 0.5) is 5.82 Å². The first kappa shape index (κ1) is 18.9. The Morgan fingerprint density at radius 3 is 2.81 bits per heavy atom. The van der Waals surface area contributed by atoms with Crippen LogP contribution < -0.4 is 10.6 Å². The molecule has 0 aromatic carbocycles. The number of pyridine rings is 1. The Morgan fingerprint density at radius 2 is 2.08 bits per heavy atom. The standard InChI is InChI=1S/C20H30N4O2/c25-20(22-9-8-17-4-2-1-3-5-17)18-6-7-19(23-16-18)21-10-11-24-12-14-26-15-13-24/h4,6-7,16H,1-3,5,8-15H2,(H,21,23)(H,22,25). The van der Waals surface area contributed by atoms with Crippen molar-refractivity contribution < 1.29 is 9.53 Å². The van der Waals surface area contributed by atoms with Gasteiger partial charge >= 0.3 is 0 Å². The van der Waals surface area contributed by atoms with Crippen LogP contribution in [0.1, 0.15) is 42.5 Å². The molecule has 0 bridgehead atoms. The number of hydrogen-bond donors (Lipinski definition) is 2. The van der Waals surface area contributed by atoms with Gasteiger partial charge in [-0.1, -0.05) is 11.6 Å². The zero-order valence-electron chi connectivity index (χ0n) is 15.5. The second kappa shape index (κ2) is 10.3. The van der Waals surface area contributed by atoms with E-state index in [1.807, 2.05) is 12.1 Å². The highest BCUT2D eigenvalue weighted by Gasteiger charge is 2.10. The number of ether oxygens (including phenoxy) is 1. The lowest BCUT2D eigenvalue weighted by atomic mass is 9.97. The molecule has 0 unspecified atom stereocenters. The van der Waals surface area contributed by atoms with Crippen molar-refractivity contribution in [1.29, 1.82) is 0 Å². The topological polar surface area (TPSA) is 66.5 Å². The van der Waals surface area contributed by atoms with Gasteiger partial charge in [-0.15, -0.1) is 0 Å². The highest BCUT2D eigenvalue weighted by atomic mass is 16.5. The molecule has 1 aliphatic carbocycles. The third-order valence-electron chi connectivity index (χ3n) is 4.98. The highest BCUT2D eigenvalue weighted by molar-refractivity contribution is 5.94. The van der Waals surface area contributed by atoms with Gasteiger partial charge in [-0.2, -0.15) is 0 Å². The summed E-state index contributed by atoms with van der Waals surface area (Å²) >= 11 is 0. The Morgan fingerprint density at radius 1 is 1.19 bits per heavy atom. The summed E-state index contributed by atoms with van der Waals surface area (Å²) in [4.78, 5) is 18.9. The predicted octanol–water partition coefficient (Wildman–Crippen LogP) is 2.45. The average Bonchev–Trinajstić information content (AvgIpc) is 2.70. The second-order valence-corrected chi connectivity index (χ2v) is 6.93. The zero-order chi connectivity index (χ0) is 18.0. The summed E-state index contributed by atoms with van der Waals surface area (Å²) in [6.45, 7) is 6.13. The van der Waals surface area contributed by atoms with Crippen LogP contribution in [0.15, 0.2) is 30.0 Å². The maximum atomic E-state index is 12.2. The van der Waals surface area contributed by atoms with Crippen molar-refractivity contribution in [2.24, 2.45) is 0 Å². The first-order valence-corrected chi connectivity index (χ1v) is 9.77. The van der Waals surface area contributed by atoms with Gasteiger partial charge in [-0.25, -0.2) is 4.98 Å². The SMILES string of the molecule is O=C(NCCC1=CCCCC1)c1ccc(NCCN2CCOCC2)nc1. The number of nitrogens with zero attached hydrogens (tertiary/aromatic N) is 2. The van der Waals surface area contributed by atoms with Crippen molar-refractivity contribution in [2.45, 2.75) is 32.1 Å². The van der Waals surface area contributed by atoms with E-state index in [0.717, 1.165) is 51.6 Å². The molecule has 2 aliphatic rings. The fourth-order valence-electron chi connectivity index (χ4n) is 3.37. The summed E-state index contributed by atoms with van der Waals surface area (Å²) in [6, 6.07) is 3.71. The number of carbonyl (C=O) groups excluding carboxylic acids is 1. The molecule has 0 radical (unpaired) electrons. The van der Waals surface area contributed by atoms with E-state index in [4.69, 9.17) is 4.74 Å². The zero-order valence-corrected chi connectivity index (χ0v) is 15.5. The van der Waals surface area contributed by atoms with E-state index in [0.29, 0.717) is 12.1 Å². The van der Waals surface area contributed by atoms with E-state index < -0.39 is 0 Å². The number of anilines is 1. The van der Waals surface area contributed by atoms with Gasteiger partial charge in [0.15, 0.2) is 0 Å². The number of hydrogen-bond acceptors (Lipinski definition) is 5. The molecule has 1 saturated heterocycles. The van der Waals surface area contributed by atoms with Crippen LogP contribution in [0, 0.1) is 0 Å². The number of rotatable bonds is 8. The molecule has 2 N–H and O–H groups in total. The van der Waals surface area contributed by atoms with Crippen LogP contribution in [0.3, 0.4) is 0 Å². The van der Waals surface area contributed by atoms with Crippen molar-refractivity contribution in [1.82, 2.24) is 15.2 Å². The first-order chi connectivity index (χ1) is 12.8. The molecule has 6 heteroatoms. The Kier molecular flexibility index (Phi) is 7.46. The fraction of sp³-hybridized carbons (Fsp3) is 0.600. The van der Waals surface area contributed by atoms with Crippen LogP contribution in [-0.2, 0) is 4.74 Å². The highest BCUT2D eigenvalue weighted by Crippen LogP contribution is 2.19. The normalized spacial score (nSPS) is 18.2. The molecule has 0 atom stereocenters. The number of aromatic nitrogens is 1. The molecule has 26 heavy (non-hydrogen) atoms. The van der Waals surface area contributed by atoms with Crippen molar-refractivity contribution >= 4 is 11.7 Å². The van der Waals surface area contributed by atoms with Crippen LogP contribution in [0.25, 0.3) is 0 Å². The minimum atomic E-state index is -0.0474. The lowest BCUT2D eigenvalue weighted by Gasteiger charge is -2.26. The van der Waals surface area contributed by atoms with Crippen LogP contribution in [-0.4, -0.2) is 61.7 Å². The van der Waals surface area contributed by atoms with Crippen LogP contribution >= 0.6 is 0 Å². The van der Waals surface area contributed by atoms with Gasteiger partial charge in [-0.05, 0) is 44.2 Å². The third-order valence-corrected chi connectivity index (χ3v) is 4.98. The number of morpholine rings is 1. The van der Waals surface area contributed by atoms with Crippen molar-refractivity contribution in [3.05, 3.63) is 35.5 Å². The van der Waals surface area contributed by atoms with E-state index >= 15 is 0 Å². The minimum absolute atomic E-state index is 0.0474. The lowest BCUT2D eigenvalue weighted by molar-refractivity contribution is 0.0398. The Hall–Kier alpha value is -1.92. The smallest absolute Gasteiger partial charge is 0.252 e. The van der Waals surface area contributed by atoms with Gasteiger partial charge in [-0.3, -0.25) is 9.69 Å². The predicted molar refractivity (Wildman–Crippen MR) is 103 cm³/mol. The van der Waals surface area contributed by atoms with E-state index in [-0.39, 0.29) is 5.91 Å². The number of carbonyl (C=O) groups is 1. The molecule has 1 aliphatic heterocycles. The number of nitrogens with one attached hydrogen (secondary N) is 2. The first-order valence-electron chi connectivity index (χ1n) is 9.77. The summed E-state index contributed by atoms with van der Waals surface area (Å²) in [6.07, 6.45) is 9.88. The van der Waals surface area contributed by atoms with Gasteiger partial charge in [0.25, 0.3) is 5.91 Å². The fourth-order valence-corrected chi connectivity index (χ4v) is 3.37. The number of allylic oxidation sites excluding steroid dienone is 1. The Bertz CT molecular complexity index is 594. The van der Waals surface area contributed by atoms with Gasteiger partial charge in [0.2, 0.25) is 0 Å². The average molecular weight is 358 g/mol. The van der Waals surface area contributed by atoms with E-state index in [2.05, 4.69) is 26.6 Å². The summed E-state index contributed by atoms with van der Waals surface area (Å²) in [5, 5.41) is 6.30. The summed E-state index contributed by atoms with van der Waals surface area (Å²) in [5.41, 5.74) is 2.09. The van der Waals surface area contributed by atoms with Crippen molar-refractivity contribution in [3.8, 4) is 0 Å². The lowest BCUT2D eigenvalue weighted by Crippen LogP contribution is -2.39. The Labute approximate surface area is 156 Å². The molecule has 142 valence electrons. The van der Waals surface area contributed by atoms with Gasteiger partial charge < -0.3 is 15.4 Å². The van der Waals surface area contributed by atoms with Gasteiger partial charge in [0.1, 0.15) is 5.82 Å². The van der Waals surface area contributed by atoms with Crippen LogP contribution in [0.2, 0.25) is 0 Å². The molecule has 1 amide bonds. The molecular weight excluding hydrogens is 328 g/mol. The number of amides is 1. The van der Waals surface area contributed by atoms with Crippen LogP contribution in [0.5, 0.6) is 0 Å². The molecule has 0 spiro atoms. The summed E-state index contributed by atoms with van der Waals surface area (Å²) in [7, 11) is 0. The monoisotopic (exact) mass is 358 g/mol. The molecule has 1 aromatic heterocycles. The van der Waals surface area contributed by atoms with Crippen molar-refractivity contribution in [2.75, 3.05) is 51.3 Å². The summed E-state index contributed by atoms with van der Waals surface area (Å²) in [5.74, 6) is 0.760. The van der Waals surface area contributed by atoms with Crippen molar-refractivity contribution in [3.63, 3.8) is 0 Å². The van der Waals surface area contributed by atoms with Gasteiger partial charge in [0, 0.05) is 38.9 Å². The molecule has 1 aromatic rings. The molecule has 6 nitrogen and oxygen atoms in total. The maximum Gasteiger partial charge on any atom is 0.252 e. The molecule has 1 fully saturated rings. The quantitative estimate of drug-likeness (QED) is 0.699. The van der Waals surface area contributed by atoms with E-state index in [1.54, 1.807) is 6.20 Å². The molecule has 0 saturated carbocycles. The third kappa shape index (κ3) is 6.11. The van der Waals surface area contributed by atoms with E-state index in [1.165, 1.54) is 31.3 Å². The molecule has 2 heterocycles. The molecular formula is C20H30N4O2. The van der Waals surface area contributed by atoms with Gasteiger partial charge in [0.05, 0.1) is 18.8 Å². The summed E-state index contributed by atoms with van der Waals surface area (Å²) < 4.78 is 5.35. The van der Waals surface area contributed by atoms with E-state index in [9.17, 15) is 4.79 Å².